The van der Waals surface area contributed by atoms with Crippen molar-refractivity contribution in [3.05, 3.63) is 29.3 Å². The summed E-state index contributed by atoms with van der Waals surface area (Å²) in [5, 5.41) is 10.5. The van der Waals surface area contributed by atoms with E-state index >= 15 is 0 Å². The van der Waals surface area contributed by atoms with Gasteiger partial charge in [0.1, 0.15) is 0 Å². The molecule has 160 valence electrons. The molecule has 2 aliphatic heterocycles. The molecule has 30 heavy (non-hydrogen) atoms. The molecule has 2 saturated heterocycles. The average molecular weight is 447 g/mol. The van der Waals surface area contributed by atoms with E-state index in [2.05, 4.69) is 19.7 Å². The van der Waals surface area contributed by atoms with Crippen LogP contribution >= 0.6 is 23.4 Å². The van der Waals surface area contributed by atoms with Gasteiger partial charge in [0.05, 0.1) is 10.3 Å². The van der Waals surface area contributed by atoms with Crippen molar-refractivity contribution >= 4 is 29.3 Å². The molecule has 5 rings (SSSR count). The topological polar surface area (TPSA) is 60.2 Å². The van der Waals surface area contributed by atoms with Crippen molar-refractivity contribution in [2.75, 3.05) is 19.8 Å². The summed E-state index contributed by atoms with van der Waals surface area (Å²) in [4.78, 5) is 15.2. The smallest absolute Gasteiger partial charge is 0.236 e. The molecule has 1 saturated carbocycles. The molecule has 0 spiro atoms. The maximum atomic E-state index is 13.2. The molecule has 3 heterocycles. The zero-order valence-corrected chi connectivity index (χ0v) is 18.6. The molecule has 6 nitrogen and oxygen atoms in total. The van der Waals surface area contributed by atoms with E-state index < -0.39 is 0 Å². The highest BCUT2D eigenvalue weighted by atomic mass is 35.5. The summed E-state index contributed by atoms with van der Waals surface area (Å²) in [7, 11) is 0. The van der Waals surface area contributed by atoms with Crippen molar-refractivity contribution in [1.82, 2.24) is 19.7 Å². The van der Waals surface area contributed by atoms with E-state index in [4.69, 9.17) is 16.3 Å². The second-order valence-electron chi connectivity index (χ2n) is 8.36. The molecule has 1 aliphatic carbocycles. The van der Waals surface area contributed by atoms with E-state index in [1.54, 1.807) is 11.8 Å². The molecule has 3 aliphatic rings. The first-order valence-corrected chi connectivity index (χ1v) is 12.2. The largest absolute Gasteiger partial charge is 0.381 e. The normalized spacial score (nSPS) is 23.6. The Balaban J connectivity index is 1.41. The molecule has 1 aromatic carbocycles. The van der Waals surface area contributed by atoms with Crippen molar-refractivity contribution in [2.24, 2.45) is 0 Å². The van der Waals surface area contributed by atoms with Crippen LogP contribution in [0.15, 0.2) is 29.4 Å². The van der Waals surface area contributed by atoms with Gasteiger partial charge < -0.3 is 9.64 Å². The lowest BCUT2D eigenvalue weighted by Crippen LogP contribution is -2.41. The van der Waals surface area contributed by atoms with Crippen LogP contribution in [0.4, 0.5) is 0 Å². The van der Waals surface area contributed by atoms with E-state index in [1.807, 2.05) is 24.3 Å². The molecule has 1 unspecified atom stereocenters. The highest BCUT2D eigenvalue weighted by Gasteiger charge is 2.38. The number of carbonyl (C=O) groups excluding carboxylic acids is 1. The van der Waals surface area contributed by atoms with E-state index in [0.29, 0.717) is 17.1 Å². The molecular weight excluding hydrogens is 420 g/mol. The Bertz CT molecular complexity index is 908. The highest BCUT2D eigenvalue weighted by Crippen LogP contribution is 2.40. The average Bonchev–Trinajstić information content (AvgIpc) is 3.50. The number of likely N-dealkylation sites (tertiary alicyclic amines) is 1. The Morgan fingerprint density at radius 1 is 1.00 bits per heavy atom. The maximum Gasteiger partial charge on any atom is 0.236 e. The fourth-order valence-electron chi connectivity index (χ4n) is 4.95. The Labute approximate surface area is 186 Å². The lowest BCUT2D eigenvalue weighted by molar-refractivity contribution is -0.130. The van der Waals surface area contributed by atoms with Gasteiger partial charge in [-0.15, -0.1) is 10.2 Å². The van der Waals surface area contributed by atoms with Gasteiger partial charge in [-0.25, -0.2) is 0 Å². The van der Waals surface area contributed by atoms with Crippen LogP contribution in [0.2, 0.25) is 5.02 Å². The van der Waals surface area contributed by atoms with E-state index in [0.717, 1.165) is 68.4 Å². The van der Waals surface area contributed by atoms with Crippen LogP contribution in [-0.2, 0) is 9.53 Å². The van der Waals surface area contributed by atoms with Gasteiger partial charge in [-0.1, -0.05) is 48.3 Å². The Morgan fingerprint density at radius 2 is 1.77 bits per heavy atom. The van der Waals surface area contributed by atoms with Gasteiger partial charge in [-0.2, -0.15) is 0 Å². The number of halogens is 1. The minimum absolute atomic E-state index is 0.0868. The van der Waals surface area contributed by atoms with E-state index in [9.17, 15) is 4.79 Å². The summed E-state index contributed by atoms with van der Waals surface area (Å²) >= 11 is 8.07. The van der Waals surface area contributed by atoms with Crippen LogP contribution in [-0.4, -0.2) is 56.6 Å². The summed E-state index contributed by atoms with van der Waals surface area (Å²) in [5.74, 6) is 1.06. The van der Waals surface area contributed by atoms with E-state index in [1.165, 1.54) is 12.8 Å². The van der Waals surface area contributed by atoms with Crippen LogP contribution < -0.4 is 0 Å². The number of nitrogens with zero attached hydrogens (tertiary/aromatic N) is 4. The van der Waals surface area contributed by atoms with Gasteiger partial charge in [0.25, 0.3) is 0 Å². The minimum Gasteiger partial charge on any atom is -0.381 e. The molecule has 0 radical (unpaired) electrons. The number of ether oxygens (including phenoxy) is 1. The third kappa shape index (κ3) is 3.87. The van der Waals surface area contributed by atoms with Gasteiger partial charge in [0, 0.05) is 37.4 Å². The lowest BCUT2D eigenvalue weighted by Gasteiger charge is -2.31. The summed E-state index contributed by atoms with van der Waals surface area (Å²) in [6.45, 7) is 2.34. The van der Waals surface area contributed by atoms with Gasteiger partial charge in [0.15, 0.2) is 11.0 Å². The van der Waals surface area contributed by atoms with Gasteiger partial charge >= 0.3 is 0 Å². The number of hydrogen-bond acceptors (Lipinski definition) is 5. The third-order valence-corrected chi connectivity index (χ3v) is 8.08. The van der Waals surface area contributed by atoms with Gasteiger partial charge in [0.2, 0.25) is 5.91 Å². The molecule has 1 amide bonds. The Kier molecular flexibility index (Phi) is 6.03. The second kappa shape index (κ2) is 8.89. The second-order valence-corrected chi connectivity index (χ2v) is 9.94. The number of thioether (sulfide) groups is 1. The monoisotopic (exact) mass is 446 g/mol. The van der Waals surface area contributed by atoms with Crippen molar-refractivity contribution in [2.45, 2.75) is 67.4 Å². The third-order valence-electron chi connectivity index (χ3n) is 6.54. The highest BCUT2D eigenvalue weighted by molar-refractivity contribution is 8.00. The van der Waals surface area contributed by atoms with Crippen LogP contribution in [0.25, 0.3) is 11.4 Å². The fraction of sp³-hybridized carbons (Fsp3) is 0.591. The van der Waals surface area contributed by atoms with Crippen LogP contribution in [0.5, 0.6) is 0 Å². The number of carbonyl (C=O) groups is 1. The summed E-state index contributed by atoms with van der Waals surface area (Å²) in [5.41, 5.74) is 0.909. The lowest BCUT2D eigenvalue weighted by atomic mass is 10.1. The molecule has 0 N–H and O–H groups in total. The Hall–Kier alpha value is -1.57. The van der Waals surface area contributed by atoms with Gasteiger partial charge in [-0.3, -0.25) is 9.36 Å². The predicted octanol–water partition coefficient (Wildman–Crippen LogP) is 4.59. The SMILES string of the molecule is O=C1C(Sc2nnc(-c3ccccc3Cl)n2C2CCCC2)CCN1C1CCOCC1. The number of hydrogen-bond donors (Lipinski definition) is 0. The quantitative estimate of drug-likeness (QED) is 0.672. The van der Waals surface area contributed by atoms with Crippen molar-refractivity contribution < 1.29 is 9.53 Å². The first-order valence-electron chi connectivity index (χ1n) is 11.0. The standard InChI is InChI=1S/C22H27ClN4O2S/c23-18-8-4-3-7-17(18)20-24-25-22(27(20)16-5-1-2-6-16)30-19-9-12-26(21(19)28)15-10-13-29-14-11-15/h3-4,7-8,15-16,19H,1-2,5-6,9-14H2. The first kappa shape index (κ1) is 20.3. The summed E-state index contributed by atoms with van der Waals surface area (Å²) in [6, 6.07) is 8.50. The molecule has 3 fully saturated rings. The zero-order valence-electron chi connectivity index (χ0n) is 17.0. The fourth-order valence-corrected chi connectivity index (χ4v) is 6.32. The predicted molar refractivity (Wildman–Crippen MR) is 118 cm³/mol. The van der Waals surface area contributed by atoms with E-state index in [-0.39, 0.29) is 11.2 Å². The number of amides is 1. The molecule has 2 aromatic rings. The van der Waals surface area contributed by atoms with Gasteiger partial charge in [-0.05, 0) is 44.2 Å². The summed E-state index contributed by atoms with van der Waals surface area (Å²) in [6.07, 6.45) is 7.42. The van der Waals surface area contributed by atoms with Crippen molar-refractivity contribution in [1.29, 1.82) is 0 Å². The molecule has 1 aromatic heterocycles. The van der Waals surface area contributed by atoms with Crippen LogP contribution in [0.1, 0.15) is 51.0 Å². The Morgan fingerprint density at radius 3 is 2.53 bits per heavy atom. The molecule has 8 heteroatoms. The first-order chi connectivity index (χ1) is 14.7. The zero-order chi connectivity index (χ0) is 20.5. The number of benzene rings is 1. The minimum atomic E-state index is -0.0868. The number of rotatable bonds is 5. The number of aromatic nitrogens is 3. The van der Waals surface area contributed by atoms with Crippen molar-refractivity contribution in [3.8, 4) is 11.4 Å². The summed E-state index contributed by atoms with van der Waals surface area (Å²) < 4.78 is 7.72. The molecule has 0 bridgehead atoms. The molecule has 1 atom stereocenters. The molecular formula is C22H27ClN4O2S. The maximum absolute atomic E-state index is 13.2. The van der Waals surface area contributed by atoms with Crippen molar-refractivity contribution in [3.63, 3.8) is 0 Å². The van der Waals surface area contributed by atoms with Crippen LogP contribution in [0.3, 0.4) is 0 Å². The van der Waals surface area contributed by atoms with Crippen LogP contribution in [0, 0.1) is 0 Å².